The zero-order valence-electron chi connectivity index (χ0n) is 9.55. The molecule has 1 aromatic rings. The van der Waals surface area contributed by atoms with Crippen LogP contribution in [0.4, 0.5) is 8.78 Å². The number of rotatable bonds is 2. The van der Waals surface area contributed by atoms with Gasteiger partial charge in [-0.3, -0.25) is 4.79 Å². The number of halogens is 2. The molecule has 0 fully saturated rings. The van der Waals surface area contributed by atoms with Crippen molar-refractivity contribution >= 4 is 5.91 Å². The molecule has 0 aliphatic carbocycles. The zero-order valence-corrected chi connectivity index (χ0v) is 9.55. The van der Waals surface area contributed by atoms with Gasteiger partial charge in [-0.15, -0.1) is 0 Å². The van der Waals surface area contributed by atoms with Crippen LogP contribution in [0.1, 0.15) is 43.1 Å². The van der Waals surface area contributed by atoms with Crippen LogP contribution in [0, 0.1) is 0 Å². The first-order valence-corrected chi connectivity index (χ1v) is 5.00. The van der Waals surface area contributed by atoms with Gasteiger partial charge in [-0.1, -0.05) is 12.1 Å². The van der Waals surface area contributed by atoms with E-state index >= 15 is 0 Å². The average Bonchev–Trinajstić information content (AvgIpc) is 2.15. The molecule has 0 saturated carbocycles. The minimum absolute atomic E-state index is 0.0766. The van der Waals surface area contributed by atoms with E-state index in [-0.39, 0.29) is 17.0 Å². The Morgan fingerprint density at radius 3 is 2.06 bits per heavy atom. The van der Waals surface area contributed by atoms with Crippen molar-refractivity contribution in [2.24, 2.45) is 0 Å². The van der Waals surface area contributed by atoms with E-state index in [1.165, 1.54) is 24.3 Å². The summed E-state index contributed by atoms with van der Waals surface area (Å²) in [5.74, 6) is -0.256. The lowest BCUT2D eigenvalue weighted by atomic mass is 10.1. The fourth-order valence-electron chi connectivity index (χ4n) is 1.19. The lowest BCUT2D eigenvalue weighted by molar-refractivity contribution is 0.0919. The predicted molar refractivity (Wildman–Crippen MR) is 58.6 cm³/mol. The summed E-state index contributed by atoms with van der Waals surface area (Å²) in [6, 6.07) is 5.34. The third kappa shape index (κ3) is 3.61. The molecule has 2 nitrogen and oxygen atoms in total. The molecule has 0 aromatic heterocycles. The Morgan fingerprint density at radius 1 is 1.19 bits per heavy atom. The lowest BCUT2D eigenvalue weighted by Gasteiger charge is -2.20. The number of nitrogens with one attached hydrogen (secondary N) is 1. The summed E-state index contributed by atoms with van der Waals surface area (Å²) in [5, 5.41) is 2.76. The highest BCUT2D eigenvalue weighted by atomic mass is 19.3. The highest BCUT2D eigenvalue weighted by molar-refractivity contribution is 5.94. The average molecular weight is 227 g/mol. The number of hydrogen-bond acceptors (Lipinski definition) is 1. The van der Waals surface area contributed by atoms with E-state index in [1.54, 1.807) is 0 Å². The van der Waals surface area contributed by atoms with Crippen molar-refractivity contribution in [1.29, 1.82) is 0 Å². The molecule has 4 heteroatoms. The van der Waals surface area contributed by atoms with Crippen LogP contribution in [0.5, 0.6) is 0 Å². The Hall–Kier alpha value is -1.45. The van der Waals surface area contributed by atoms with Crippen molar-refractivity contribution in [2.75, 3.05) is 0 Å². The number of alkyl halides is 2. The van der Waals surface area contributed by atoms with E-state index in [0.717, 1.165) is 0 Å². The molecule has 0 bridgehead atoms. The Morgan fingerprint density at radius 2 is 1.69 bits per heavy atom. The first kappa shape index (κ1) is 12.6. The Bertz CT molecular complexity index is 366. The maximum absolute atomic E-state index is 12.3. The van der Waals surface area contributed by atoms with Crippen LogP contribution in [0.2, 0.25) is 0 Å². The van der Waals surface area contributed by atoms with Gasteiger partial charge in [0.1, 0.15) is 0 Å². The summed E-state index contributed by atoms with van der Waals surface area (Å²) in [4.78, 5) is 11.6. The van der Waals surface area contributed by atoms with E-state index < -0.39 is 6.43 Å². The van der Waals surface area contributed by atoms with Gasteiger partial charge in [-0.25, -0.2) is 8.78 Å². The smallest absolute Gasteiger partial charge is 0.263 e. The number of carbonyl (C=O) groups is 1. The van der Waals surface area contributed by atoms with Gasteiger partial charge in [0.05, 0.1) is 0 Å². The number of hydrogen-bond donors (Lipinski definition) is 1. The molecule has 0 radical (unpaired) electrons. The molecule has 16 heavy (non-hydrogen) atoms. The summed E-state index contributed by atoms with van der Waals surface area (Å²) >= 11 is 0. The van der Waals surface area contributed by atoms with Gasteiger partial charge in [-0.2, -0.15) is 0 Å². The van der Waals surface area contributed by atoms with Crippen molar-refractivity contribution < 1.29 is 13.6 Å². The molecule has 1 rings (SSSR count). The van der Waals surface area contributed by atoms with Gasteiger partial charge in [0.2, 0.25) is 0 Å². The van der Waals surface area contributed by atoms with Crippen molar-refractivity contribution in [3.63, 3.8) is 0 Å². The molecular weight excluding hydrogens is 212 g/mol. The van der Waals surface area contributed by atoms with Crippen LogP contribution in [0.3, 0.4) is 0 Å². The first-order valence-electron chi connectivity index (χ1n) is 5.00. The van der Waals surface area contributed by atoms with Gasteiger partial charge in [0, 0.05) is 16.7 Å². The minimum atomic E-state index is -2.50. The molecule has 0 spiro atoms. The van der Waals surface area contributed by atoms with Crippen molar-refractivity contribution in [3.8, 4) is 0 Å². The quantitative estimate of drug-likeness (QED) is 0.826. The van der Waals surface area contributed by atoms with Crippen LogP contribution in [-0.4, -0.2) is 11.4 Å². The highest BCUT2D eigenvalue weighted by Gasteiger charge is 2.15. The summed E-state index contributed by atoms with van der Waals surface area (Å²) in [5.41, 5.74) is -0.0232. The molecule has 0 aliphatic heterocycles. The molecule has 0 atom stereocenters. The van der Waals surface area contributed by atoms with E-state index in [2.05, 4.69) is 5.32 Å². The van der Waals surface area contributed by atoms with E-state index in [0.29, 0.717) is 5.56 Å². The van der Waals surface area contributed by atoms with Gasteiger partial charge in [0.15, 0.2) is 0 Å². The van der Waals surface area contributed by atoms with E-state index in [9.17, 15) is 13.6 Å². The molecule has 0 aliphatic rings. The predicted octanol–water partition coefficient (Wildman–Crippen LogP) is 3.15. The molecule has 88 valence electrons. The second-order valence-corrected chi connectivity index (χ2v) is 4.63. The van der Waals surface area contributed by atoms with Gasteiger partial charge in [0.25, 0.3) is 12.3 Å². The third-order valence-electron chi connectivity index (χ3n) is 1.91. The van der Waals surface area contributed by atoms with Crippen molar-refractivity contribution in [1.82, 2.24) is 5.32 Å². The minimum Gasteiger partial charge on any atom is -0.347 e. The Kier molecular flexibility index (Phi) is 3.62. The maximum atomic E-state index is 12.3. The first-order chi connectivity index (χ1) is 7.29. The molecule has 1 aromatic carbocycles. The second-order valence-electron chi connectivity index (χ2n) is 4.63. The maximum Gasteiger partial charge on any atom is 0.263 e. The summed E-state index contributed by atoms with van der Waals surface area (Å²) in [7, 11) is 0. The Labute approximate surface area is 93.7 Å². The Balaban J connectivity index is 2.78. The third-order valence-corrected chi connectivity index (χ3v) is 1.91. The van der Waals surface area contributed by atoms with Crippen LogP contribution in [-0.2, 0) is 0 Å². The molecule has 0 unspecified atom stereocenters. The van der Waals surface area contributed by atoms with Crippen LogP contribution < -0.4 is 5.32 Å². The second kappa shape index (κ2) is 4.60. The molecule has 0 heterocycles. The molecular formula is C12H15F2NO. The highest BCUT2D eigenvalue weighted by Crippen LogP contribution is 2.18. The summed E-state index contributed by atoms with van der Waals surface area (Å²) in [6.45, 7) is 5.58. The fraction of sp³-hybridized carbons (Fsp3) is 0.417. The standard InChI is InChI=1S/C12H15F2NO/c1-12(2,3)15-11(16)9-6-4-8(5-7-9)10(13)14/h4-7,10H,1-3H3,(H,15,16). The van der Waals surface area contributed by atoms with Gasteiger partial charge < -0.3 is 5.32 Å². The topological polar surface area (TPSA) is 29.1 Å². The van der Waals surface area contributed by atoms with Gasteiger partial charge >= 0.3 is 0 Å². The largest absolute Gasteiger partial charge is 0.347 e. The van der Waals surface area contributed by atoms with E-state index in [4.69, 9.17) is 0 Å². The number of carbonyl (C=O) groups excluding carboxylic acids is 1. The monoisotopic (exact) mass is 227 g/mol. The van der Waals surface area contributed by atoms with Gasteiger partial charge in [-0.05, 0) is 32.9 Å². The normalized spacial score (nSPS) is 11.6. The fourth-order valence-corrected chi connectivity index (χ4v) is 1.19. The van der Waals surface area contributed by atoms with Crippen LogP contribution >= 0.6 is 0 Å². The van der Waals surface area contributed by atoms with Crippen molar-refractivity contribution in [2.45, 2.75) is 32.7 Å². The molecule has 1 amide bonds. The summed E-state index contributed by atoms with van der Waals surface area (Å²) < 4.78 is 24.5. The van der Waals surface area contributed by atoms with Crippen molar-refractivity contribution in [3.05, 3.63) is 35.4 Å². The van der Waals surface area contributed by atoms with Crippen LogP contribution in [0.25, 0.3) is 0 Å². The lowest BCUT2D eigenvalue weighted by Crippen LogP contribution is -2.40. The number of benzene rings is 1. The SMILES string of the molecule is CC(C)(C)NC(=O)c1ccc(C(F)F)cc1. The molecule has 1 N–H and O–H groups in total. The zero-order chi connectivity index (χ0) is 12.3. The van der Waals surface area contributed by atoms with E-state index in [1.807, 2.05) is 20.8 Å². The van der Waals surface area contributed by atoms with Crippen LogP contribution in [0.15, 0.2) is 24.3 Å². The summed E-state index contributed by atoms with van der Waals surface area (Å²) in [6.07, 6.45) is -2.50. The molecule has 0 saturated heterocycles. The number of amides is 1.